The fourth-order valence-electron chi connectivity index (χ4n) is 4.48. The first-order valence-corrected chi connectivity index (χ1v) is 10.8. The quantitative estimate of drug-likeness (QED) is 0.357. The number of rotatable bonds is 7. The monoisotopic (exact) mass is 469 g/mol. The number of benzene rings is 1. The van der Waals surface area contributed by atoms with Crippen molar-refractivity contribution >= 4 is 10.9 Å². The van der Waals surface area contributed by atoms with Gasteiger partial charge in [0, 0.05) is 58.9 Å². The molecule has 8 heteroatoms. The van der Waals surface area contributed by atoms with Crippen LogP contribution in [-0.2, 0) is 11.8 Å². The van der Waals surface area contributed by atoms with E-state index in [1.807, 2.05) is 12.1 Å². The van der Waals surface area contributed by atoms with Gasteiger partial charge in [-0.2, -0.15) is 13.2 Å². The van der Waals surface area contributed by atoms with Crippen LogP contribution in [0.3, 0.4) is 0 Å². The van der Waals surface area contributed by atoms with Gasteiger partial charge >= 0.3 is 6.18 Å². The fraction of sp³-hybridized carbons (Fsp3) is 0.308. The Hall–Kier alpha value is -3.39. The second kappa shape index (κ2) is 8.76. The number of ether oxygens (including phenoxy) is 1. The van der Waals surface area contributed by atoms with Gasteiger partial charge in [0.05, 0.1) is 7.11 Å². The summed E-state index contributed by atoms with van der Waals surface area (Å²) < 4.78 is 48.4. The molecule has 0 spiro atoms. The van der Waals surface area contributed by atoms with Crippen LogP contribution in [0.2, 0.25) is 0 Å². The average molecular weight is 470 g/mol. The molecule has 1 aromatic carbocycles. The first-order valence-electron chi connectivity index (χ1n) is 10.8. The van der Waals surface area contributed by atoms with Gasteiger partial charge < -0.3 is 14.8 Å². The van der Waals surface area contributed by atoms with Crippen LogP contribution in [0.4, 0.5) is 13.2 Å². The summed E-state index contributed by atoms with van der Waals surface area (Å²) in [7, 11) is 1.48. The van der Waals surface area contributed by atoms with Crippen LogP contribution in [0.5, 0.6) is 5.75 Å². The van der Waals surface area contributed by atoms with Crippen LogP contribution in [0.15, 0.2) is 67.3 Å². The first kappa shape index (κ1) is 23.8. The number of nitrogens with zero attached hydrogens (tertiary/aromatic N) is 2. The van der Waals surface area contributed by atoms with Gasteiger partial charge in [-0.1, -0.05) is 26.0 Å². The fourth-order valence-corrected chi connectivity index (χ4v) is 4.48. The number of aromatic nitrogens is 3. The lowest BCUT2D eigenvalue weighted by atomic mass is 9.72. The van der Waals surface area contributed by atoms with Gasteiger partial charge in [-0.25, -0.2) is 0 Å². The van der Waals surface area contributed by atoms with Crippen molar-refractivity contribution in [3.8, 4) is 16.9 Å². The summed E-state index contributed by atoms with van der Waals surface area (Å²) in [5.41, 5.74) is -0.897. The SMILES string of the molecule is COc1ccc(-c2cccnc2)cc1C(C)(C)CC(O)(Cc1cc2cnccc2[nH]1)C(F)(F)F. The topological polar surface area (TPSA) is 71.0 Å². The number of alkyl halides is 3. The van der Waals surface area contributed by atoms with E-state index in [-0.39, 0.29) is 5.69 Å². The maximum absolute atomic E-state index is 14.3. The zero-order chi connectivity index (χ0) is 24.6. The summed E-state index contributed by atoms with van der Waals surface area (Å²) >= 11 is 0. The molecule has 5 nitrogen and oxygen atoms in total. The number of methoxy groups -OCH3 is 1. The van der Waals surface area contributed by atoms with Crippen LogP contribution in [0.25, 0.3) is 22.0 Å². The van der Waals surface area contributed by atoms with E-state index in [1.54, 1.807) is 69.0 Å². The van der Waals surface area contributed by atoms with Crippen molar-refractivity contribution < 1.29 is 23.0 Å². The lowest BCUT2D eigenvalue weighted by Crippen LogP contribution is -2.51. The Morgan fingerprint density at radius 3 is 2.38 bits per heavy atom. The van der Waals surface area contributed by atoms with Crippen LogP contribution in [0, 0.1) is 0 Å². The van der Waals surface area contributed by atoms with Crippen molar-refractivity contribution in [1.29, 1.82) is 0 Å². The third-order valence-electron chi connectivity index (χ3n) is 6.15. The zero-order valence-electron chi connectivity index (χ0n) is 19.1. The number of hydrogen-bond acceptors (Lipinski definition) is 4. The molecule has 1 unspecified atom stereocenters. The van der Waals surface area contributed by atoms with E-state index in [4.69, 9.17) is 4.74 Å². The lowest BCUT2D eigenvalue weighted by molar-refractivity contribution is -0.266. The number of hydrogen-bond donors (Lipinski definition) is 2. The van der Waals surface area contributed by atoms with Gasteiger partial charge in [0.15, 0.2) is 5.60 Å². The molecule has 0 saturated heterocycles. The number of nitrogens with one attached hydrogen (secondary N) is 1. The molecular weight excluding hydrogens is 443 g/mol. The largest absolute Gasteiger partial charge is 0.496 e. The molecule has 0 aliphatic rings. The van der Waals surface area contributed by atoms with Gasteiger partial charge in [0.25, 0.3) is 0 Å². The van der Waals surface area contributed by atoms with Gasteiger partial charge in [0.1, 0.15) is 5.75 Å². The average Bonchev–Trinajstić information content (AvgIpc) is 3.20. The van der Waals surface area contributed by atoms with Crippen LogP contribution < -0.4 is 4.74 Å². The molecule has 0 radical (unpaired) electrons. The summed E-state index contributed by atoms with van der Waals surface area (Å²) in [6, 6.07) is 12.3. The van der Waals surface area contributed by atoms with E-state index in [0.29, 0.717) is 22.2 Å². The standard InChI is InChI=1S/C26H26F3N3O2/c1-24(2,21-12-17(6-7-23(21)34-3)18-5-4-9-30-14-18)16-25(33,26(27,28)29)13-20-11-19-15-31-10-8-22(19)32-20/h4-12,14-15,32-33H,13,16H2,1-3H3. The number of aliphatic hydroxyl groups is 1. The summed E-state index contributed by atoms with van der Waals surface area (Å²) in [6.45, 7) is 3.37. The molecule has 0 aliphatic carbocycles. The van der Waals surface area contributed by atoms with E-state index in [0.717, 1.165) is 11.1 Å². The van der Waals surface area contributed by atoms with Gasteiger partial charge in [0.2, 0.25) is 0 Å². The molecule has 0 aliphatic heterocycles. The van der Waals surface area contributed by atoms with Crippen molar-refractivity contribution in [3.05, 3.63) is 78.5 Å². The van der Waals surface area contributed by atoms with Crippen molar-refractivity contribution in [1.82, 2.24) is 15.0 Å². The molecule has 34 heavy (non-hydrogen) atoms. The van der Waals surface area contributed by atoms with Crippen molar-refractivity contribution in [2.75, 3.05) is 7.11 Å². The molecule has 0 amide bonds. The highest BCUT2D eigenvalue weighted by Gasteiger charge is 2.56. The number of H-pyrrole nitrogens is 1. The number of halogens is 3. The Labute approximate surface area is 195 Å². The highest BCUT2D eigenvalue weighted by molar-refractivity contribution is 5.79. The molecule has 2 N–H and O–H groups in total. The molecule has 0 saturated carbocycles. The summed E-state index contributed by atoms with van der Waals surface area (Å²) in [5.74, 6) is 0.457. The molecule has 0 fully saturated rings. The van der Waals surface area contributed by atoms with Crippen molar-refractivity contribution in [2.45, 2.75) is 43.9 Å². The Morgan fingerprint density at radius 2 is 1.74 bits per heavy atom. The predicted molar refractivity (Wildman–Crippen MR) is 125 cm³/mol. The highest BCUT2D eigenvalue weighted by atomic mass is 19.4. The molecule has 4 rings (SSSR count). The third kappa shape index (κ3) is 4.63. The molecular formula is C26H26F3N3O2. The van der Waals surface area contributed by atoms with E-state index < -0.39 is 30.0 Å². The molecule has 3 aromatic heterocycles. The Bertz CT molecular complexity index is 1250. The normalized spacial score (nSPS) is 14.2. The van der Waals surface area contributed by atoms with Crippen LogP contribution in [0.1, 0.15) is 31.5 Å². The summed E-state index contributed by atoms with van der Waals surface area (Å²) in [4.78, 5) is 11.1. The Morgan fingerprint density at radius 1 is 0.971 bits per heavy atom. The molecule has 178 valence electrons. The minimum atomic E-state index is -4.85. The Kier molecular flexibility index (Phi) is 6.12. The third-order valence-corrected chi connectivity index (χ3v) is 6.15. The van der Waals surface area contributed by atoms with E-state index >= 15 is 0 Å². The maximum atomic E-state index is 14.3. The van der Waals surface area contributed by atoms with Crippen molar-refractivity contribution in [3.63, 3.8) is 0 Å². The smallest absolute Gasteiger partial charge is 0.417 e. The number of fused-ring (bicyclic) bond motifs is 1. The second-order valence-electron chi connectivity index (χ2n) is 9.18. The summed E-state index contributed by atoms with van der Waals surface area (Å²) in [6.07, 6.45) is 0.442. The summed E-state index contributed by atoms with van der Waals surface area (Å²) in [5, 5.41) is 11.7. The van der Waals surface area contributed by atoms with Gasteiger partial charge in [-0.15, -0.1) is 0 Å². The second-order valence-corrected chi connectivity index (χ2v) is 9.18. The van der Waals surface area contributed by atoms with Crippen LogP contribution in [-0.4, -0.2) is 38.9 Å². The van der Waals surface area contributed by atoms with Crippen molar-refractivity contribution in [2.24, 2.45) is 0 Å². The Balaban J connectivity index is 1.72. The van der Waals surface area contributed by atoms with E-state index in [2.05, 4.69) is 15.0 Å². The van der Waals surface area contributed by atoms with E-state index in [1.165, 1.54) is 7.11 Å². The molecule has 0 bridgehead atoms. The zero-order valence-corrected chi connectivity index (χ0v) is 19.1. The maximum Gasteiger partial charge on any atom is 0.417 e. The molecule has 3 heterocycles. The predicted octanol–water partition coefficient (Wildman–Crippen LogP) is 5.84. The number of aromatic amines is 1. The lowest BCUT2D eigenvalue weighted by Gasteiger charge is -2.38. The van der Waals surface area contributed by atoms with Crippen LogP contribution >= 0.6 is 0 Å². The van der Waals surface area contributed by atoms with E-state index in [9.17, 15) is 18.3 Å². The minimum Gasteiger partial charge on any atom is -0.496 e. The molecule has 4 aromatic rings. The highest BCUT2D eigenvalue weighted by Crippen LogP contribution is 2.45. The number of pyridine rings is 2. The minimum absolute atomic E-state index is 0.287. The molecule has 1 atom stereocenters. The first-order chi connectivity index (χ1) is 16.0. The van der Waals surface area contributed by atoms with Gasteiger partial charge in [-0.05, 0) is 47.7 Å². The van der Waals surface area contributed by atoms with Gasteiger partial charge in [-0.3, -0.25) is 9.97 Å².